The molecule has 82 valence electrons. The molecule has 2 aliphatic rings. The minimum atomic E-state index is -2.74. The highest BCUT2D eigenvalue weighted by atomic mass is 32.2. The predicted molar refractivity (Wildman–Crippen MR) is 54.0 cm³/mol. The molecule has 0 aromatic rings. The molecule has 0 bridgehead atoms. The summed E-state index contributed by atoms with van der Waals surface area (Å²) in [6, 6.07) is 0.654. The molecule has 5 heteroatoms. The highest BCUT2D eigenvalue weighted by Crippen LogP contribution is 2.24. The van der Waals surface area contributed by atoms with Crippen molar-refractivity contribution in [1.82, 2.24) is 5.32 Å². The van der Waals surface area contributed by atoms with Crippen LogP contribution in [0, 0.1) is 0 Å². The van der Waals surface area contributed by atoms with Gasteiger partial charge >= 0.3 is 0 Å². The number of hydrogen-bond acceptors (Lipinski definition) is 4. The van der Waals surface area contributed by atoms with Gasteiger partial charge in [-0.2, -0.15) is 0 Å². The summed E-state index contributed by atoms with van der Waals surface area (Å²) in [4.78, 5) is 0. The van der Waals surface area contributed by atoms with Crippen molar-refractivity contribution in [2.75, 3.05) is 18.6 Å². The van der Waals surface area contributed by atoms with Crippen LogP contribution < -0.4 is 5.32 Å². The van der Waals surface area contributed by atoms with E-state index in [1.807, 2.05) is 0 Å². The number of nitrogens with one attached hydrogen (secondary N) is 1. The van der Waals surface area contributed by atoms with E-state index in [-0.39, 0.29) is 6.04 Å². The summed E-state index contributed by atoms with van der Waals surface area (Å²) in [5.41, 5.74) is 0. The molecule has 0 radical (unpaired) electrons. The molecule has 2 fully saturated rings. The summed E-state index contributed by atoms with van der Waals surface area (Å²) in [5.74, 6) is 0.673. The largest absolute Gasteiger partial charge is 0.381 e. The summed E-state index contributed by atoms with van der Waals surface area (Å²) in [6.45, 7) is 0. The van der Waals surface area contributed by atoms with Gasteiger partial charge in [-0.1, -0.05) is 0 Å². The van der Waals surface area contributed by atoms with Crippen LogP contribution in [0.2, 0.25) is 0 Å². The van der Waals surface area contributed by atoms with E-state index in [1.165, 1.54) is 0 Å². The van der Waals surface area contributed by atoms with Gasteiger partial charge < -0.3 is 10.1 Å². The van der Waals surface area contributed by atoms with Gasteiger partial charge in [0.2, 0.25) is 0 Å². The first-order valence-electron chi connectivity index (χ1n) is 5.08. The summed E-state index contributed by atoms with van der Waals surface area (Å²) in [7, 11) is -1.01. The Bertz CT molecular complexity index is 295. The molecule has 14 heavy (non-hydrogen) atoms. The average molecular weight is 219 g/mol. The Morgan fingerprint density at radius 2 is 2.00 bits per heavy atom. The lowest BCUT2D eigenvalue weighted by Gasteiger charge is -2.36. The lowest BCUT2D eigenvalue weighted by atomic mass is 9.88. The van der Waals surface area contributed by atoms with Crippen LogP contribution in [0.3, 0.4) is 0 Å². The van der Waals surface area contributed by atoms with Crippen molar-refractivity contribution in [2.45, 2.75) is 37.5 Å². The minimum absolute atomic E-state index is 0.183. The SMILES string of the molecule is COC1CC(NC2CCS(=O)(=O)C2)C1. The molecule has 1 atom stereocenters. The molecule has 0 spiro atoms. The van der Waals surface area contributed by atoms with Crippen molar-refractivity contribution in [1.29, 1.82) is 0 Å². The first-order valence-corrected chi connectivity index (χ1v) is 6.90. The zero-order valence-electron chi connectivity index (χ0n) is 8.40. The smallest absolute Gasteiger partial charge is 0.151 e. The zero-order valence-corrected chi connectivity index (χ0v) is 9.22. The van der Waals surface area contributed by atoms with E-state index < -0.39 is 9.84 Å². The maximum atomic E-state index is 11.2. The highest BCUT2D eigenvalue weighted by molar-refractivity contribution is 7.91. The van der Waals surface area contributed by atoms with Crippen LogP contribution in [0.25, 0.3) is 0 Å². The molecule has 1 saturated heterocycles. The van der Waals surface area contributed by atoms with E-state index in [0.29, 0.717) is 23.7 Å². The Morgan fingerprint density at radius 1 is 1.29 bits per heavy atom. The van der Waals surface area contributed by atoms with Crippen molar-refractivity contribution < 1.29 is 13.2 Å². The number of methoxy groups -OCH3 is 1. The van der Waals surface area contributed by atoms with Crippen molar-refractivity contribution in [3.63, 3.8) is 0 Å². The molecule has 2 rings (SSSR count). The maximum absolute atomic E-state index is 11.2. The van der Waals surface area contributed by atoms with Crippen molar-refractivity contribution in [2.24, 2.45) is 0 Å². The topological polar surface area (TPSA) is 55.4 Å². The molecule has 1 N–H and O–H groups in total. The summed E-state index contributed by atoms with van der Waals surface area (Å²) < 4.78 is 27.5. The van der Waals surface area contributed by atoms with Crippen molar-refractivity contribution >= 4 is 9.84 Å². The predicted octanol–water partition coefficient (Wildman–Crippen LogP) is -0.0595. The summed E-state index contributed by atoms with van der Waals surface area (Å²) >= 11 is 0. The van der Waals surface area contributed by atoms with Crippen LogP contribution in [0.15, 0.2) is 0 Å². The molecular formula is C9H17NO3S. The molecule has 0 aromatic carbocycles. The molecule has 0 aromatic heterocycles. The van der Waals surface area contributed by atoms with Crippen molar-refractivity contribution in [3.05, 3.63) is 0 Å². The van der Waals surface area contributed by atoms with E-state index in [2.05, 4.69) is 5.32 Å². The van der Waals surface area contributed by atoms with Crippen LogP contribution in [0.1, 0.15) is 19.3 Å². The highest BCUT2D eigenvalue weighted by Gasteiger charge is 2.34. The van der Waals surface area contributed by atoms with Crippen LogP contribution in [0.4, 0.5) is 0 Å². The molecule has 1 aliphatic carbocycles. The van der Waals surface area contributed by atoms with Crippen LogP contribution in [-0.2, 0) is 14.6 Å². The summed E-state index contributed by atoms with van der Waals surface area (Å²) in [5, 5.41) is 3.38. The lowest BCUT2D eigenvalue weighted by molar-refractivity contribution is 0.0150. The van der Waals surface area contributed by atoms with Crippen LogP contribution in [-0.4, -0.2) is 45.2 Å². The summed E-state index contributed by atoms with van der Waals surface area (Å²) in [6.07, 6.45) is 3.20. The van der Waals surface area contributed by atoms with Gasteiger partial charge in [0.25, 0.3) is 0 Å². The third kappa shape index (κ3) is 2.27. The number of hydrogen-bond donors (Lipinski definition) is 1. The fourth-order valence-electron chi connectivity index (χ4n) is 2.15. The zero-order chi connectivity index (χ0) is 10.2. The van der Waals surface area contributed by atoms with Gasteiger partial charge in [0.15, 0.2) is 9.84 Å². The normalized spacial score (nSPS) is 40.8. The minimum Gasteiger partial charge on any atom is -0.381 e. The fraction of sp³-hybridized carbons (Fsp3) is 1.00. The molecular weight excluding hydrogens is 202 g/mol. The first-order chi connectivity index (χ1) is 6.59. The van der Waals surface area contributed by atoms with Gasteiger partial charge in [-0.15, -0.1) is 0 Å². The quantitative estimate of drug-likeness (QED) is 0.722. The van der Waals surface area contributed by atoms with Gasteiger partial charge in [-0.3, -0.25) is 0 Å². The van der Waals surface area contributed by atoms with Gasteiger partial charge in [0.1, 0.15) is 0 Å². The Balaban J connectivity index is 1.73. The van der Waals surface area contributed by atoms with Gasteiger partial charge in [-0.25, -0.2) is 8.42 Å². The van der Waals surface area contributed by atoms with Gasteiger partial charge in [-0.05, 0) is 19.3 Å². The van der Waals surface area contributed by atoms with E-state index in [0.717, 1.165) is 19.3 Å². The molecule has 1 unspecified atom stereocenters. The first kappa shape index (κ1) is 10.4. The Kier molecular flexibility index (Phi) is 2.81. The molecule has 1 saturated carbocycles. The van der Waals surface area contributed by atoms with Crippen molar-refractivity contribution in [3.8, 4) is 0 Å². The number of rotatable bonds is 3. The molecule has 1 heterocycles. The second kappa shape index (κ2) is 3.79. The van der Waals surface area contributed by atoms with E-state index in [1.54, 1.807) is 7.11 Å². The van der Waals surface area contributed by atoms with E-state index in [4.69, 9.17) is 4.74 Å². The number of sulfone groups is 1. The Hall–Kier alpha value is -0.130. The second-order valence-corrected chi connectivity index (χ2v) is 6.52. The standard InChI is InChI=1S/C9H17NO3S/c1-13-9-4-8(5-9)10-7-2-3-14(11,12)6-7/h7-10H,2-6H2,1H3. The molecule has 4 nitrogen and oxygen atoms in total. The van der Waals surface area contributed by atoms with Gasteiger partial charge in [0.05, 0.1) is 17.6 Å². The molecule has 0 amide bonds. The van der Waals surface area contributed by atoms with Crippen LogP contribution in [0.5, 0.6) is 0 Å². The van der Waals surface area contributed by atoms with Gasteiger partial charge in [0, 0.05) is 19.2 Å². The third-order valence-corrected chi connectivity index (χ3v) is 4.90. The second-order valence-electron chi connectivity index (χ2n) is 4.29. The monoisotopic (exact) mass is 219 g/mol. The third-order valence-electron chi connectivity index (χ3n) is 3.13. The van der Waals surface area contributed by atoms with Crippen LogP contribution >= 0.6 is 0 Å². The number of ether oxygens (including phenoxy) is 1. The fourth-order valence-corrected chi connectivity index (χ4v) is 3.84. The molecule has 1 aliphatic heterocycles. The lowest BCUT2D eigenvalue weighted by Crippen LogP contribution is -2.49. The van der Waals surface area contributed by atoms with E-state index >= 15 is 0 Å². The Morgan fingerprint density at radius 3 is 2.50 bits per heavy atom. The van der Waals surface area contributed by atoms with E-state index in [9.17, 15) is 8.42 Å². The average Bonchev–Trinajstić information content (AvgIpc) is 2.37. The Labute approximate surface area is 84.9 Å². The maximum Gasteiger partial charge on any atom is 0.151 e.